The van der Waals surface area contributed by atoms with Gasteiger partial charge in [-0.3, -0.25) is 14.4 Å². The molecule has 2 amide bonds. The lowest BCUT2D eigenvalue weighted by atomic mass is 9.95. The molecule has 2 aliphatic rings. The molecule has 10 nitrogen and oxygen atoms in total. The molecule has 2 unspecified atom stereocenters. The molecule has 0 bridgehead atoms. The number of aryl methyl sites for hydroxylation is 3. The summed E-state index contributed by atoms with van der Waals surface area (Å²) < 4.78 is 17.2. The highest BCUT2D eigenvalue weighted by Gasteiger charge is 2.30. The first-order chi connectivity index (χ1) is 22.3. The highest BCUT2D eigenvalue weighted by Crippen LogP contribution is 2.50. The Balaban J connectivity index is 1.55. The van der Waals surface area contributed by atoms with Gasteiger partial charge in [-0.1, -0.05) is 12.5 Å². The second kappa shape index (κ2) is 15.2. The summed E-state index contributed by atoms with van der Waals surface area (Å²) in [6.07, 6.45) is 9.05. The van der Waals surface area contributed by atoms with Gasteiger partial charge in [0.25, 0.3) is 0 Å². The first kappa shape index (κ1) is 33.6. The fraction of sp³-hybridized carbons (Fsp3) is 0.471. The number of methoxy groups -OCH3 is 3. The Bertz CT molecular complexity index is 1640. The maximum absolute atomic E-state index is 13.9. The van der Waals surface area contributed by atoms with E-state index in [1.165, 1.54) is 18.2 Å². The van der Waals surface area contributed by atoms with Crippen LogP contribution in [0.15, 0.2) is 29.1 Å². The summed E-state index contributed by atoms with van der Waals surface area (Å²) in [4.78, 5) is 45.8. The lowest BCUT2D eigenvalue weighted by Crippen LogP contribution is -2.36. The van der Waals surface area contributed by atoms with Gasteiger partial charge in [-0.05, 0) is 91.8 Å². The van der Waals surface area contributed by atoms with Gasteiger partial charge >= 0.3 is 0 Å². The number of thioether (sulfide) groups is 1. The van der Waals surface area contributed by atoms with Gasteiger partial charge < -0.3 is 30.2 Å². The minimum absolute atomic E-state index is 0.199. The van der Waals surface area contributed by atoms with E-state index in [0.29, 0.717) is 47.2 Å². The molecule has 0 radical (unpaired) electrons. The summed E-state index contributed by atoms with van der Waals surface area (Å²) in [5.41, 5.74) is 4.17. The summed E-state index contributed by atoms with van der Waals surface area (Å²) in [6.45, 7) is 1.47. The van der Waals surface area contributed by atoms with E-state index in [9.17, 15) is 14.4 Å². The van der Waals surface area contributed by atoms with Gasteiger partial charge in [0.15, 0.2) is 16.6 Å². The molecule has 1 heterocycles. The quantitative estimate of drug-likeness (QED) is 0.219. The van der Waals surface area contributed by atoms with Gasteiger partial charge in [0, 0.05) is 17.4 Å². The van der Waals surface area contributed by atoms with Crippen molar-refractivity contribution < 1.29 is 23.8 Å². The van der Waals surface area contributed by atoms with Crippen molar-refractivity contribution in [1.29, 1.82) is 0 Å². The largest absolute Gasteiger partial charge is 0.493 e. The van der Waals surface area contributed by atoms with Crippen LogP contribution in [0.25, 0.3) is 11.1 Å². The summed E-state index contributed by atoms with van der Waals surface area (Å²) in [5, 5.41) is 9.92. The second-order valence-corrected chi connectivity index (χ2v) is 13.6. The smallest absolute Gasteiger partial charge is 0.248 e. The van der Waals surface area contributed by atoms with Crippen LogP contribution in [0.3, 0.4) is 0 Å². The topological polar surface area (TPSA) is 128 Å². The van der Waals surface area contributed by atoms with Crippen molar-refractivity contribution in [3.8, 4) is 28.4 Å². The Kier molecular flexibility index (Phi) is 11.1. The molecule has 0 spiro atoms. The van der Waals surface area contributed by atoms with Crippen molar-refractivity contribution >= 4 is 45.7 Å². The highest BCUT2D eigenvalue weighted by molar-refractivity contribution is 7.98. The van der Waals surface area contributed by atoms with Crippen molar-refractivity contribution in [3.63, 3.8) is 0 Å². The van der Waals surface area contributed by atoms with Crippen LogP contribution in [0.2, 0.25) is 0 Å². The van der Waals surface area contributed by atoms with Crippen LogP contribution < -0.4 is 35.6 Å². The van der Waals surface area contributed by atoms with E-state index in [-0.39, 0.29) is 22.9 Å². The zero-order valence-corrected chi connectivity index (χ0v) is 28.7. The van der Waals surface area contributed by atoms with Crippen LogP contribution in [-0.4, -0.2) is 56.2 Å². The van der Waals surface area contributed by atoms with Crippen LogP contribution in [-0.2, 0) is 28.9 Å². The highest BCUT2D eigenvalue weighted by atomic mass is 32.2. The Morgan fingerprint density at radius 2 is 1.83 bits per heavy atom. The van der Waals surface area contributed by atoms with Crippen molar-refractivity contribution in [1.82, 2.24) is 10.3 Å². The lowest BCUT2D eigenvalue weighted by Gasteiger charge is -2.19. The third kappa shape index (κ3) is 7.28. The number of ether oxygens (including phenoxy) is 3. The predicted octanol–water partition coefficient (Wildman–Crippen LogP) is 5.76. The van der Waals surface area contributed by atoms with Crippen LogP contribution in [0.4, 0.5) is 10.8 Å². The number of carbonyl (C=O) groups excluding carboxylic acids is 2. The third-order valence-electron chi connectivity index (χ3n) is 8.50. The first-order valence-electron chi connectivity index (χ1n) is 15.6. The fourth-order valence-corrected chi connectivity index (χ4v) is 7.82. The molecular formula is C34H42N4O6S2. The van der Waals surface area contributed by atoms with Crippen molar-refractivity contribution in [2.75, 3.05) is 44.0 Å². The molecule has 246 valence electrons. The molecule has 5 rings (SSSR count). The molecule has 2 aromatic carbocycles. The van der Waals surface area contributed by atoms with Gasteiger partial charge in [-0.15, -0.1) is 11.3 Å². The number of rotatable bonds is 11. The van der Waals surface area contributed by atoms with Crippen molar-refractivity contribution in [2.24, 2.45) is 0 Å². The number of hydrogen-bond donors (Lipinski definition) is 3. The van der Waals surface area contributed by atoms with E-state index >= 15 is 0 Å². The maximum atomic E-state index is 13.9. The second-order valence-electron chi connectivity index (χ2n) is 11.5. The first-order valence-corrected chi connectivity index (χ1v) is 17.8. The van der Waals surface area contributed by atoms with E-state index in [2.05, 4.69) is 16.0 Å². The molecule has 12 heteroatoms. The normalized spacial score (nSPS) is 16.0. The van der Waals surface area contributed by atoms with Crippen LogP contribution in [0.5, 0.6) is 17.2 Å². The van der Waals surface area contributed by atoms with Gasteiger partial charge in [-0.25, -0.2) is 4.98 Å². The summed E-state index contributed by atoms with van der Waals surface area (Å²) in [6, 6.07) is 5.96. The number of hydrogen-bond acceptors (Lipinski definition) is 10. The van der Waals surface area contributed by atoms with E-state index in [0.717, 1.165) is 53.8 Å². The van der Waals surface area contributed by atoms with E-state index in [4.69, 9.17) is 19.2 Å². The molecule has 0 saturated carbocycles. The number of fused-ring (bicyclic) bond motifs is 4. The van der Waals surface area contributed by atoms with Crippen LogP contribution in [0.1, 0.15) is 66.8 Å². The zero-order valence-electron chi connectivity index (χ0n) is 27.0. The standard InChI is InChI=1S/C34H42N4O6S2/c1-19(39)35-23-13-11-20-17-28(42-2)31(43-3)32(44-4)30(20)21-12-14-24(27(40)18-22(21)23)36-26(15-16-45-5)33(41)38-34-37-25-9-7-6-8-10-29(25)46-34/h12,14,17-18,23,26H,6-11,13,15-16H2,1-5H3,(H,35,39)(H,36,40)(H,37,38,41). The number of amides is 2. The summed E-state index contributed by atoms with van der Waals surface area (Å²) >= 11 is 3.18. The molecule has 0 aliphatic heterocycles. The molecule has 2 atom stereocenters. The Hall–Kier alpha value is -3.77. The monoisotopic (exact) mass is 666 g/mol. The molecule has 46 heavy (non-hydrogen) atoms. The number of benzene rings is 1. The van der Waals surface area contributed by atoms with Gasteiger partial charge in [0.05, 0.1) is 38.8 Å². The van der Waals surface area contributed by atoms with Crippen LogP contribution >= 0.6 is 23.1 Å². The number of nitrogens with one attached hydrogen (secondary N) is 3. The van der Waals surface area contributed by atoms with Gasteiger partial charge in [0.2, 0.25) is 23.0 Å². The Morgan fingerprint density at radius 3 is 2.54 bits per heavy atom. The summed E-state index contributed by atoms with van der Waals surface area (Å²) in [7, 11) is 4.69. The SMILES string of the molecule is COc1cc2c(c(OC)c1OC)-c1ccc(NC(CCSC)C(=O)Nc3nc4c(s3)CCCCC4)c(=O)cc1C(NC(C)=O)CC2. The molecule has 0 fully saturated rings. The number of thiazole rings is 1. The van der Waals surface area contributed by atoms with Gasteiger partial charge in [-0.2, -0.15) is 11.8 Å². The molecule has 3 N–H and O–H groups in total. The molecular weight excluding hydrogens is 625 g/mol. The van der Waals surface area contributed by atoms with Crippen molar-refractivity contribution in [3.05, 3.63) is 56.2 Å². The van der Waals surface area contributed by atoms with E-state index in [1.54, 1.807) is 56.6 Å². The average Bonchev–Trinajstić information content (AvgIpc) is 3.14. The van der Waals surface area contributed by atoms with E-state index in [1.807, 2.05) is 18.4 Å². The van der Waals surface area contributed by atoms with Gasteiger partial charge in [0.1, 0.15) is 6.04 Å². The molecule has 2 aliphatic carbocycles. The lowest BCUT2D eigenvalue weighted by molar-refractivity contribution is -0.120. The predicted molar refractivity (Wildman–Crippen MR) is 185 cm³/mol. The number of aromatic nitrogens is 1. The molecule has 1 aromatic heterocycles. The van der Waals surface area contributed by atoms with Crippen molar-refractivity contribution in [2.45, 2.75) is 70.4 Å². The summed E-state index contributed by atoms with van der Waals surface area (Å²) in [5.74, 6) is 1.74. The number of nitrogens with zero attached hydrogens (tertiary/aromatic N) is 1. The fourth-order valence-electron chi connectivity index (χ4n) is 6.29. The third-order valence-corrected chi connectivity index (χ3v) is 10.2. The number of anilines is 2. The molecule has 0 saturated heterocycles. The Morgan fingerprint density at radius 1 is 1.04 bits per heavy atom. The minimum atomic E-state index is -0.664. The maximum Gasteiger partial charge on any atom is 0.248 e. The number of carbonyl (C=O) groups is 2. The van der Waals surface area contributed by atoms with E-state index < -0.39 is 12.1 Å². The molecule has 3 aromatic rings. The average molecular weight is 667 g/mol. The van der Waals surface area contributed by atoms with Crippen LogP contribution in [0, 0.1) is 0 Å². The Labute approximate surface area is 278 Å². The minimum Gasteiger partial charge on any atom is -0.493 e. The zero-order chi connectivity index (χ0) is 32.8.